The van der Waals surface area contributed by atoms with Crippen molar-refractivity contribution < 1.29 is 0 Å². The molecular weight excluding hydrogens is 252 g/mol. The molecule has 0 unspecified atom stereocenters. The van der Waals surface area contributed by atoms with Crippen LogP contribution < -0.4 is 5.56 Å². The number of nitrogens with one attached hydrogen (secondary N) is 1. The summed E-state index contributed by atoms with van der Waals surface area (Å²) in [6.45, 7) is 0. The molecule has 3 aromatic rings. The van der Waals surface area contributed by atoms with E-state index in [1.807, 2.05) is 18.2 Å². The van der Waals surface area contributed by atoms with Crippen LogP contribution in [0.15, 0.2) is 47.5 Å². The van der Waals surface area contributed by atoms with E-state index in [9.17, 15) is 4.79 Å². The first-order chi connectivity index (χ1) is 9.84. The molecule has 4 rings (SSSR count). The van der Waals surface area contributed by atoms with Crippen molar-refractivity contribution in [3.63, 3.8) is 0 Å². The fourth-order valence-electron chi connectivity index (χ4n) is 2.83. The van der Waals surface area contributed by atoms with Gasteiger partial charge in [0.15, 0.2) is 0 Å². The number of hydrogen-bond donors (Lipinski definition) is 1. The Balaban J connectivity index is 2.10. The molecule has 5 heteroatoms. The van der Waals surface area contributed by atoms with Crippen molar-refractivity contribution in [2.24, 2.45) is 0 Å². The standard InChI is InChI=1S/C15H12N4O/c20-13-8-7-11-6-5-10-3-1-2-4-12(10)14(11)19(13)15-16-9-17-18-15/h1-4,7-9H,5-6H2,(H,16,17,18). The van der Waals surface area contributed by atoms with Gasteiger partial charge in [0.05, 0.1) is 5.69 Å². The van der Waals surface area contributed by atoms with Gasteiger partial charge in [0, 0.05) is 11.6 Å². The molecule has 0 spiro atoms. The second-order valence-corrected chi connectivity index (χ2v) is 4.85. The minimum Gasteiger partial charge on any atom is -0.269 e. The maximum Gasteiger partial charge on any atom is 0.257 e. The molecule has 0 radical (unpaired) electrons. The zero-order valence-electron chi connectivity index (χ0n) is 10.7. The topological polar surface area (TPSA) is 63.6 Å². The number of aromatic amines is 1. The number of pyridine rings is 1. The third-order valence-corrected chi connectivity index (χ3v) is 3.73. The molecule has 1 aliphatic rings. The maximum absolute atomic E-state index is 12.3. The number of nitrogens with zero attached hydrogens (tertiary/aromatic N) is 3. The van der Waals surface area contributed by atoms with Gasteiger partial charge >= 0.3 is 0 Å². The molecule has 1 aromatic carbocycles. The lowest BCUT2D eigenvalue weighted by atomic mass is 9.89. The highest BCUT2D eigenvalue weighted by molar-refractivity contribution is 5.71. The highest BCUT2D eigenvalue weighted by Gasteiger charge is 2.21. The summed E-state index contributed by atoms with van der Waals surface area (Å²) >= 11 is 0. The Labute approximate surface area is 114 Å². The predicted molar refractivity (Wildman–Crippen MR) is 74.8 cm³/mol. The summed E-state index contributed by atoms with van der Waals surface area (Å²) in [5.41, 5.74) is 4.36. The quantitative estimate of drug-likeness (QED) is 0.728. The summed E-state index contributed by atoms with van der Waals surface area (Å²) in [5, 5.41) is 6.63. The molecule has 1 N–H and O–H groups in total. The van der Waals surface area contributed by atoms with Crippen molar-refractivity contribution in [3.05, 3.63) is 64.2 Å². The van der Waals surface area contributed by atoms with Gasteiger partial charge in [0.25, 0.3) is 5.56 Å². The van der Waals surface area contributed by atoms with E-state index < -0.39 is 0 Å². The first-order valence-electron chi connectivity index (χ1n) is 6.53. The van der Waals surface area contributed by atoms with E-state index in [-0.39, 0.29) is 5.56 Å². The summed E-state index contributed by atoms with van der Waals surface area (Å²) in [5.74, 6) is 0.462. The summed E-state index contributed by atoms with van der Waals surface area (Å²) in [6, 6.07) is 11.7. The third kappa shape index (κ3) is 1.53. The second kappa shape index (κ2) is 4.16. The molecule has 0 aliphatic heterocycles. The zero-order valence-corrected chi connectivity index (χ0v) is 10.7. The number of aryl methyl sites for hydroxylation is 2. The number of rotatable bonds is 1. The Morgan fingerprint density at radius 1 is 1.05 bits per heavy atom. The number of fused-ring (bicyclic) bond motifs is 3. The average molecular weight is 264 g/mol. The molecule has 98 valence electrons. The van der Waals surface area contributed by atoms with E-state index in [0.29, 0.717) is 5.95 Å². The van der Waals surface area contributed by atoms with Crippen LogP contribution >= 0.6 is 0 Å². The molecule has 2 heterocycles. The van der Waals surface area contributed by atoms with E-state index in [4.69, 9.17) is 0 Å². The van der Waals surface area contributed by atoms with Gasteiger partial charge in [-0.05, 0) is 24.0 Å². The Hall–Kier alpha value is -2.69. The largest absolute Gasteiger partial charge is 0.269 e. The van der Waals surface area contributed by atoms with Gasteiger partial charge in [-0.3, -0.25) is 4.79 Å². The predicted octanol–water partition coefficient (Wildman–Crippen LogP) is 1.72. The van der Waals surface area contributed by atoms with Crippen LogP contribution in [0.4, 0.5) is 0 Å². The van der Waals surface area contributed by atoms with Crippen molar-refractivity contribution in [1.29, 1.82) is 0 Å². The van der Waals surface area contributed by atoms with Gasteiger partial charge in [-0.1, -0.05) is 30.3 Å². The van der Waals surface area contributed by atoms with E-state index in [1.165, 1.54) is 17.5 Å². The molecule has 0 amide bonds. The number of benzene rings is 1. The molecule has 20 heavy (non-hydrogen) atoms. The molecular formula is C15H12N4O. The van der Waals surface area contributed by atoms with Crippen LogP contribution in [-0.2, 0) is 12.8 Å². The van der Waals surface area contributed by atoms with Crippen molar-refractivity contribution in [1.82, 2.24) is 19.7 Å². The van der Waals surface area contributed by atoms with Gasteiger partial charge < -0.3 is 0 Å². The van der Waals surface area contributed by atoms with Crippen LogP contribution in [0.3, 0.4) is 0 Å². The molecule has 0 fully saturated rings. The minimum absolute atomic E-state index is 0.0998. The van der Waals surface area contributed by atoms with Crippen LogP contribution in [0.5, 0.6) is 0 Å². The SMILES string of the molecule is O=c1ccc2c(n1-c1ncn[nH]1)-c1ccccc1CC2. The van der Waals surface area contributed by atoms with Crippen molar-refractivity contribution >= 4 is 0 Å². The average Bonchev–Trinajstić information content (AvgIpc) is 3.01. The molecule has 0 atom stereocenters. The Morgan fingerprint density at radius 3 is 2.75 bits per heavy atom. The second-order valence-electron chi connectivity index (χ2n) is 4.85. The lowest BCUT2D eigenvalue weighted by Crippen LogP contribution is -2.23. The molecule has 0 saturated carbocycles. The first-order valence-corrected chi connectivity index (χ1v) is 6.53. The van der Waals surface area contributed by atoms with Crippen molar-refractivity contribution in [2.75, 3.05) is 0 Å². The zero-order chi connectivity index (χ0) is 13.5. The van der Waals surface area contributed by atoms with Gasteiger partial charge in [0.1, 0.15) is 6.33 Å². The normalized spacial score (nSPS) is 12.8. The van der Waals surface area contributed by atoms with Crippen LogP contribution in [0, 0.1) is 0 Å². The van der Waals surface area contributed by atoms with Gasteiger partial charge in [0.2, 0.25) is 5.95 Å². The summed E-state index contributed by atoms with van der Waals surface area (Å²) < 4.78 is 1.61. The van der Waals surface area contributed by atoms with Gasteiger partial charge in [-0.25, -0.2) is 9.67 Å². The van der Waals surface area contributed by atoms with Gasteiger partial charge in [-0.2, -0.15) is 10.1 Å². The third-order valence-electron chi connectivity index (χ3n) is 3.73. The van der Waals surface area contributed by atoms with Crippen molar-refractivity contribution in [3.8, 4) is 17.2 Å². The maximum atomic E-state index is 12.3. The highest BCUT2D eigenvalue weighted by Crippen LogP contribution is 2.32. The van der Waals surface area contributed by atoms with E-state index in [1.54, 1.807) is 10.6 Å². The Morgan fingerprint density at radius 2 is 1.90 bits per heavy atom. The fraction of sp³-hybridized carbons (Fsp3) is 0.133. The van der Waals surface area contributed by atoms with E-state index >= 15 is 0 Å². The number of hydrogen-bond acceptors (Lipinski definition) is 3. The minimum atomic E-state index is -0.0998. The summed E-state index contributed by atoms with van der Waals surface area (Å²) in [7, 11) is 0. The highest BCUT2D eigenvalue weighted by atomic mass is 16.1. The Kier molecular flexibility index (Phi) is 2.32. The molecule has 1 aliphatic carbocycles. The first kappa shape index (κ1) is 11.2. The van der Waals surface area contributed by atoms with E-state index in [0.717, 1.165) is 24.1 Å². The lowest BCUT2D eigenvalue weighted by molar-refractivity contribution is 0.847. The summed E-state index contributed by atoms with van der Waals surface area (Å²) in [6.07, 6.45) is 3.34. The van der Waals surface area contributed by atoms with E-state index in [2.05, 4.69) is 27.3 Å². The Bertz CT molecular complexity index is 833. The van der Waals surface area contributed by atoms with Crippen LogP contribution in [0.2, 0.25) is 0 Å². The fourth-order valence-corrected chi connectivity index (χ4v) is 2.83. The lowest BCUT2D eigenvalue weighted by Gasteiger charge is -2.22. The van der Waals surface area contributed by atoms with Crippen molar-refractivity contribution in [2.45, 2.75) is 12.8 Å². The van der Waals surface area contributed by atoms with Gasteiger partial charge in [-0.15, -0.1) is 0 Å². The summed E-state index contributed by atoms with van der Waals surface area (Å²) in [4.78, 5) is 16.4. The number of H-pyrrole nitrogens is 1. The molecule has 0 saturated heterocycles. The molecule has 2 aromatic heterocycles. The molecule has 0 bridgehead atoms. The van der Waals surface area contributed by atoms with Crippen LogP contribution in [0.1, 0.15) is 11.1 Å². The smallest absolute Gasteiger partial charge is 0.257 e. The number of aromatic nitrogens is 4. The van der Waals surface area contributed by atoms with Crippen LogP contribution in [-0.4, -0.2) is 19.7 Å². The van der Waals surface area contributed by atoms with Crippen LogP contribution in [0.25, 0.3) is 17.2 Å². The monoisotopic (exact) mass is 264 g/mol. The molecule has 5 nitrogen and oxygen atoms in total.